The molecular weight excluding hydrogens is 254 g/mol. The van der Waals surface area contributed by atoms with Gasteiger partial charge in [0.2, 0.25) is 0 Å². The number of aromatic nitrogens is 1. The van der Waals surface area contributed by atoms with Crippen LogP contribution in [0.2, 0.25) is 0 Å². The first-order chi connectivity index (χ1) is 8.88. The average Bonchev–Trinajstić information content (AvgIpc) is 2.55. The van der Waals surface area contributed by atoms with Gasteiger partial charge < -0.3 is 5.11 Å². The van der Waals surface area contributed by atoms with Crippen LogP contribution in [0.1, 0.15) is 43.9 Å². The molecule has 102 valence electrons. The predicted molar refractivity (Wildman–Crippen MR) is 80.9 cm³/mol. The standard InChI is InChI=1S/C16H21NOS/c1-9-6-10(2)16(11(3)7-9)14(18)8-15-17-12(4)13(5)19-15/h6-7,14,18H,8H2,1-5H3. The highest BCUT2D eigenvalue weighted by Crippen LogP contribution is 2.28. The second kappa shape index (κ2) is 5.43. The topological polar surface area (TPSA) is 33.1 Å². The van der Waals surface area contributed by atoms with Crippen LogP contribution in [0.15, 0.2) is 12.1 Å². The Hall–Kier alpha value is -1.19. The number of rotatable bonds is 3. The highest BCUT2D eigenvalue weighted by Gasteiger charge is 2.16. The number of thiazole rings is 1. The Kier molecular flexibility index (Phi) is 4.07. The Labute approximate surface area is 119 Å². The van der Waals surface area contributed by atoms with E-state index in [9.17, 15) is 5.11 Å². The van der Waals surface area contributed by atoms with Crippen LogP contribution in [0.3, 0.4) is 0 Å². The van der Waals surface area contributed by atoms with Crippen LogP contribution in [0.25, 0.3) is 0 Å². The van der Waals surface area contributed by atoms with Gasteiger partial charge in [-0.05, 0) is 51.3 Å². The van der Waals surface area contributed by atoms with Crippen molar-refractivity contribution in [2.45, 2.75) is 47.1 Å². The average molecular weight is 275 g/mol. The minimum atomic E-state index is -0.467. The molecule has 3 heteroatoms. The molecule has 1 unspecified atom stereocenters. The molecule has 1 aromatic carbocycles. The van der Waals surface area contributed by atoms with Gasteiger partial charge in [0.1, 0.15) is 0 Å². The van der Waals surface area contributed by atoms with Gasteiger partial charge in [0, 0.05) is 11.3 Å². The van der Waals surface area contributed by atoms with Gasteiger partial charge >= 0.3 is 0 Å². The molecule has 0 spiro atoms. The van der Waals surface area contributed by atoms with E-state index in [0.717, 1.165) is 27.4 Å². The Morgan fingerprint density at radius 1 is 1.11 bits per heavy atom. The first kappa shape index (κ1) is 14.2. The van der Waals surface area contributed by atoms with Crippen molar-refractivity contribution in [3.8, 4) is 0 Å². The van der Waals surface area contributed by atoms with Gasteiger partial charge in [-0.15, -0.1) is 11.3 Å². The zero-order chi connectivity index (χ0) is 14.2. The lowest BCUT2D eigenvalue weighted by atomic mass is 9.94. The fourth-order valence-electron chi connectivity index (χ4n) is 2.61. The number of aliphatic hydroxyl groups is 1. The summed E-state index contributed by atoms with van der Waals surface area (Å²) in [4.78, 5) is 5.75. The van der Waals surface area contributed by atoms with E-state index in [1.54, 1.807) is 11.3 Å². The highest BCUT2D eigenvalue weighted by atomic mass is 32.1. The molecule has 0 aliphatic carbocycles. The predicted octanol–water partition coefficient (Wildman–Crippen LogP) is 3.96. The van der Waals surface area contributed by atoms with Crippen molar-refractivity contribution < 1.29 is 5.11 Å². The van der Waals surface area contributed by atoms with Gasteiger partial charge in [-0.3, -0.25) is 0 Å². The zero-order valence-corrected chi connectivity index (χ0v) is 13.1. The molecule has 0 radical (unpaired) electrons. The minimum absolute atomic E-state index is 0.467. The molecule has 19 heavy (non-hydrogen) atoms. The van der Waals surface area contributed by atoms with Gasteiger partial charge in [-0.2, -0.15) is 0 Å². The molecule has 0 aliphatic heterocycles. The number of benzene rings is 1. The van der Waals surface area contributed by atoms with E-state index in [1.807, 2.05) is 6.92 Å². The molecule has 2 aromatic rings. The van der Waals surface area contributed by atoms with Gasteiger partial charge in [0.05, 0.1) is 16.8 Å². The quantitative estimate of drug-likeness (QED) is 0.919. The molecule has 0 bridgehead atoms. The zero-order valence-electron chi connectivity index (χ0n) is 12.2. The first-order valence-electron chi connectivity index (χ1n) is 6.57. The lowest BCUT2D eigenvalue weighted by Crippen LogP contribution is -2.06. The van der Waals surface area contributed by atoms with Gasteiger partial charge in [-0.1, -0.05) is 17.7 Å². The summed E-state index contributed by atoms with van der Waals surface area (Å²) in [6.45, 7) is 10.3. The maximum absolute atomic E-state index is 10.5. The molecule has 1 heterocycles. The largest absolute Gasteiger partial charge is 0.388 e. The normalized spacial score (nSPS) is 12.7. The first-order valence-corrected chi connectivity index (χ1v) is 7.39. The SMILES string of the molecule is Cc1cc(C)c(C(O)Cc2nc(C)c(C)s2)c(C)c1. The van der Waals surface area contributed by atoms with Crippen molar-refractivity contribution in [3.63, 3.8) is 0 Å². The van der Waals surface area contributed by atoms with Crippen LogP contribution in [-0.2, 0) is 6.42 Å². The molecule has 0 fully saturated rings. The van der Waals surface area contributed by atoms with Crippen LogP contribution < -0.4 is 0 Å². The van der Waals surface area contributed by atoms with Gasteiger partial charge in [0.15, 0.2) is 0 Å². The summed E-state index contributed by atoms with van der Waals surface area (Å²) < 4.78 is 0. The van der Waals surface area contributed by atoms with Crippen LogP contribution >= 0.6 is 11.3 Å². The van der Waals surface area contributed by atoms with E-state index in [2.05, 4.69) is 44.8 Å². The second-order valence-corrected chi connectivity index (χ2v) is 6.57. The van der Waals surface area contributed by atoms with E-state index in [1.165, 1.54) is 10.4 Å². The summed E-state index contributed by atoms with van der Waals surface area (Å²) >= 11 is 1.68. The van der Waals surface area contributed by atoms with Crippen molar-refractivity contribution in [3.05, 3.63) is 50.0 Å². The van der Waals surface area contributed by atoms with E-state index in [0.29, 0.717) is 6.42 Å². The van der Waals surface area contributed by atoms with E-state index < -0.39 is 6.10 Å². The molecule has 0 aliphatic rings. The summed E-state index contributed by atoms with van der Waals surface area (Å²) in [5, 5.41) is 11.5. The third-order valence-electron chi connectivity index (χ3n) is 3.51. The van der Waals surface area contributed by atoms with Crippen LogP contribution in [0.5, 0.6) is 0 Å². The van der Waals surface area contributed by atoms with E-state index >= 15 is 0 Å². The number of hydrogen-bond acceptors (Lipinski definition) is 3. The fraction of sp³-hybridized carbons (Fsp3) is 0.438. The molecule has 0 amide bonds. The molecule has 1 N–H and O–H groups in total. The maximum atomic E-state index is 10.5. The van der Waals surface area contributed by atoms with Crippen LogP contribution in [0, 0.1) is 34.6 Å². The molecule has 2 rings (SSSR count). The third kappa shape index (κ3) is 3.04. The highest BCUT2D eigenvalue weighted by molar-refractivity contribution is 7.11. The Bertz CT molecular complexity index is 558. The van der Waals surface area contributed by atoms with Crippen LogP contribution in [-0.4, -0.2) is 10.1 Å². The Morgan fingerprint density at radius 3 is 2.16 bits per heavy atom. The van der Waals surface area contributed by atoms with E-state index in [4.69, 9.17) is 0 Å². The van der Waals surface area contributed by atoms with Crippen molar-refractivity contribution in [2.75, 3.05) is 0 Å². The number of aryl methyl sites for hydroxylation is 5. The summed E-state index contributed by atoms with van der Waals surface area (Å²) in [6, 6.07) is 4.26. The number of hydrogen-bond donors (Lipinski definition) is 1. The molecule has 0 saturated carbocycles. The van der Waals surface area contributed by atoms with E-state index in [-0.39, 0.29) is 0 Å². The number of nitrogens with zero attached hydrogens (tertiary/aromatic N) is 1. The van der Waals surface area contributed by atoms with Crippen molar-refractivity contribution in [1.29, 1.82) is 0 Å². The lowest BCUT2D eigenvalue weighted by molar-refractivity contribution is 0.177. The van der Waals surface area contributed by atoms with Gasteiger partial charge in [0.25, 0.3) is 0 Å². The smallest absolute Gasteiger partial charge is 0.0960 e. The fourth-order valence-corrected chi connectivity index (χ4v) is 3.58. The molecule has 2 nitrogen and oxygen atoms in total. The second-order valence-electron chi connectivity index (χ2n) is 5.28. The third-order valence-corrected chi connectivity index (χ3v) is 4.61. The monoisotopic (exact) mass is 275 g/mol. The summed E-state index contributed by atoms with van der Waals surface area (Å²) in [6.07, 6.45) is 0.134. The van der Waals surface area contributed by atoms with Crippen LogP contribution in [0.4, 0.5) is 0 Å². The molecule has 1 atom stereocenters. The number of aliphatic hydroxyl groups excluding tert-OH is 1. The van der Waals surface area contributed by atoms with Crippen molar-refractivity contribution in [1.82, 2.24) is 4.98 Å². The minimum Gasteiger partial charge on any atom is -0.388 e. The Balaban J connectivity index is 2.27. The van der Waals surface area contributed by atoms with Gasteiger partial charge in [-0.25, -0.2) is 4.98 Å². The molecular formula is C16H21NOS. The maximum Gasteiger partial charge on any atom is 0.0960 e. The molecule has 0 saturated heterocycles. The van der Waals surface area contributed by atoms with Crippen molar-refractivity contribution >= 4 is 11.3 Å². The Morgan fingerprint density at radius 2 is 1.68 bits per heavy atom. The van der Waals surface area contributed by atoms with Crippen molar-refractivity contribution in [2.24, 2.45) is 0 Å². The lowest BCUT2D eigenvalue weighted by Gasteiger charge is -2.16. The summed E-state index contributed by atoms with van der Waals surface area (Å²) in [5.41, 5.74) is 5.69. The summed E-state index contributed by atoms with van der Waals surface area (Å²) in [7, 11) is 0. The molecule has 1 aromatic heterocycles. The summed E-state index contributed by atoms with van der Waals surface area (Å²) in [5.74, 6) is 0.